The highest BCUT2D eigenvalue weighted by Crippen LogP contribution is 2.18. The Labute approximate surface area is 72.4 Å². The fraction of sp³-hybridized carbons (Fsp3) is 0.444. The lowest BCUT2D eigenvalue weighted by Crippen LogP contribution is -1.92. The quantitative estimate of drug-likeness (QED) is 0.664. The van der Waals surface area contributed by atoms with E-state index in [1.165, 1.54) is 5.56 Å². The minimum Gasteiger partial charge on any atom is -0.261 e. The summed E-state index contributed by atoms with van der Waals surface area (Å²) in [7, 11) is 0. The molecular formula is C9H12ClN. The number of hydrogen-bond donors (Lipinski definition) is 0. The molecule has 1 rings (SSSR count). The Bertz CT molecular complexity index is 225. The van der Waals surface area contributed by atoms with Gasteiger partial charge in [0.25, 0.3) is 0 Å². The highest BCUT2D eigenvalue weighted by atomic mass is 35.5. The van der Waals surface area contributed by atoms with Crippen LogP contribution < -0.4 is 0 Å². The topological polar surface area (TPSA) is 12.9 Å². The van der Waals surface area contributed by atoms with Gasteiger partial charge in [0.1, 0.15) is 0 Å². The van der Waals surface area contributed by atoms with E-state index in [-0.39, 0.29) is 0 Å². The molecule has 1 aromatic heterocycles. The number of pyridine rings is 1. The highest BCUT2D eigenvalue weighted by molar-refractivity contribution is 6.31. The Kier molecular flexibility index (Phi) is 2.89. The second-order valence-electron chi connectivity index (χ2n) is 2.61. The van der Waals surface area contributed by atoms with Gasteiger partial charge in [0, 0.05) is 16.9 Å². The molecule has 60 valence electrons. The molecule has 0 aromatic carbocycles. The summed E-state index contributed by atoms with van der Waals surface area (Å²) in [5.74, 6) is 0. The lowest BCUT2D eigenvalue weighted by Gasteiger charge is -2.04. The molecule has 0 unspecified atom stereocenters. The minimum atomic E-state index is 0.847. The van der Waals surface area contributed by atoms with E-state index in [0.717, 1.165) is 23.6 Å². The SMILES string of the molecule is CCCc1c(Cl)ccnc1C. The van der Waals surface area contributed by atoms with E-state index in [9.17, 15) is 0 Å². The third kappa shape index (κ3) is 1.93. The standard InChI is InChI=1S/C9H12ClN/c1-3-4-8-7(2)11-6-5-9(8)10/h5-6H,3-4H2,1-2H3. The summed E-state index contributed by atoms with van der Waals surface area (Å²) in [5.41, 5.74) is 2.25. The summed E-state index contributed by atoms with van der Waals surface area (Å²) in [5, 5.41) is 0.847. The molecule has 0 aliphatic rings. The molecule has 0 saturated carbocycles. The van der Waals surface area contributed by atoms with E-state index in [2.05, 4.69) is 11.9 Å². The smallest absolute Gasteiger partial charge is 0.0471 e. The van der Waals surface area contributed by atoms with Gasteiger partial charge in [-0.3, -0.25) is 4.98 Å². The van der Waals surface area contributed by atoms with Crippen LogP contribution in [0.15, 0.2) is 12.3 Å². The number of halogens is 1. The van der Waals surface area contributed by atoms with E-state index < -0.39 is 0 Å². The Morgan fingerprint density at radius 2 is 2.27 bits per heavy atom. The lowest BCUT2D eigenvalue weighted by atomic mass is 10.1. The van der Waals surface area contributed by atoms with Gasteiger partial charge in [0.2, 0.25) is 0 Å². The van der Waals surface area contributed by atoms with Gasteiger partial charge in [0.05, 0.1) is 0 Å². The van der Waals surface area contributed by atoms with Crippen molar-refractivity contribution in [2.75, 3.05) is 0 Å². The Balaban J connectivity index is 3.00. The summed E-state index contributed by atoms with van der Waals surface area (Å²) < 4.78 is 0. The Morgan fingerprint density at radius 1 is 1.55 bits per heavy atom. The first-order chi connectivity index (χ1) is 5.25. The fourth-order valence-corrected chi connectivity index (χ4v) is 1.40. The van der Waals surface area contributed by atoms with E-state index >= 15 is 0 Å². The monoisotopic (exact) mass is 169 g/mol. The molecule has 0 aliphatic carbocycles. The first-order valence-corrected chi connectivity index (χ1v) is 4.23. The average Bonchev–Trinajstić information content (AvgIpc) is 1.97. The van der Waals surface area contributed by atoms with Crippen LogP contribution in [-0.2, 0) is 6.42 Å². The normalized spacial score (nSPS) is 10.1. The molecule has 2 heteroatoms. The first-order valence-electron chi connectivity index (χ1n) is 3.85. The molecule has 0 spiro atoms. The second-order valence-corrected chi connectivity index (χ2v) is 3.01. The maximum absolute atomic E-state index is 5.97. The number of aryl methyl sites for hydroxylation is 1. The van der Waals surface area contributed by atoms with Gasteiger partial charge in [-0.25, -0.2) is 0 Å². The van der Waals surface area contributed by atoms with Crippen LogP contribution in [0.2, 0.25) is 5.02 Å². The maximum atomic E-state index is 5.97. The van der Waals surface area contributed by atoms with Crippen LogP contribution in [0.3, 0.4) is 0 Å². The third-order valence-corrected chi connectivity index (χ3v) is 2.07. The van der Waals surface area contributed by atoms with E-state index in [1.807, 2.05) is 13.0 Å². The number of nitrogens with zero attached hydrogens (tertiary/aromatic N) is 1. The summed E-state index contributed by atoms with van der Waals surface area (Å²) in [6.45, 7) is 4.14. The third-order valence-electron chi connectivity index (χ3n) is 1.71. The van der Waals surface area contributed by atoms with Crippen LogP contribution in [-0.4, -0.2) is 4.98 Å². The highest BCUT2D eigenvalue weighted by Gasteiger charge is 2.01. The van der Waals surface area contributed by atoms with Crippen LogP contribution in [0, 0.1) is 6.92 Å². The number of aromatic nitrogens is 1. The summed E-state index contributed by atoms with van der Waals surface area (Å²) in [4.78, 5) is 4.17. The molecule has 1 aromatic rings. The molecule has 1 heterocycles. The zero-order chi connectivity index (χ0) is 8.27. The predicted octanol–water partition coefficient (Wildman–Crippen LogP) is 3.00. The van der Waals surface area contributed by atoms with Gasteiger partial charge in [-0.2, -0.15) is 0 Å². The zero-order valence-electron chi connectivity index (χ0n) is 6.89. The van der Waals surface area contributed by atoms with Crippen molar-refractivity contribution in [3.8, 4) is 0 Å². The van der Waals surface area contributed by atoms with Crippen molar-refractivity contribution < 1.29 is 0 Å². The van der Waals surface area contributed by atoms with Crippen LogP contribution in [0.4, 0.5) is 0 Å². The largest absolute Gasteiger partial charge is 0.261 e. The summed E-state index contributed by atoms with van der Waals surface area (Å²) in [6, 6.07) is 1.85. The van der Waals surface area contributed by atoms with Crippen molar-refractivity contribution in [2.45, 2.75) is 26.7 Å². The first kappa shape index (κ1) is 8.54. The molecule has 0 saturated heterocycles. The zero-order valence-corrected chi connectivity index (χ0v) is 7.65. The van der Waals surface area contributed by atoms with Crippen molar-refractivity contribution in [3.05, 3.63) is 28.5 Å². The van der Waals surface area contributed by atoms with Crippen molar-refractivity contribution in [1.29, 1.82) is 0 Å². The van der Waals surface area contributed by atoms with Crippen molar-refractivity contribution >= 4 is 11.6 Å². The van der Waals surface area contributed by atoms with Gasteiger partial charge in [0.15, 0.2) is 0 Å². The maximum Gasteiger partial charge on any atom is 0.0471 e. The van der Waals surface area contributed by atoms with E-state index in [1.54, 1.807) is 6.20 Å². The number of hydrogen-bond acceptors (Lipinski definition) is 1. The summed E-state index contributed by atoms with van der Waals surface area (Å²) in [6.07, 6.45) is 3.89. The Morgan fingerprint density at radius 3 is 2.82 bits per heavy atom. The molecule has 0 amide bonds. The molecule has 0 radical (unpaired) electrons. The molecule has 0 atom stereocenters. The molecule has 0 aliphatic heterocycles. The lowest BCUT2D eigenvalue weighted by molar-refractivity contribution is 0.899. The molecule has 0 bridgehead atoms. The van der Waals surface area contributed by atoms with Gasteiger partial charge >= 0.3 is 0 Å². The predicted molar refractivity (Wildman–Crippen MR) is 48.0 cm³/mol. The molecule has 0 N–H and O–H groups in total. The summed E-state index contributed by atoms with van der Waals surface area (Å²) >= 11 is 5.97. The van der Waals surface area contributed by atoms with Crippen molar-refractivity contribution in [3.63, 3.8) is 0 Å². The number of rotatable bonds is 2. The molecule has 0 fully saturated rings. The van der Waals surface area contributed by atoms with Crippen LogP contribution in [0.5, 0.6) is 0 Å². The molecular weight excluding hydrogens is 158 g/mol. The van der Waals surface area contributed by atoms with Crippen LogP contribution in [0.25, 0.3) is 0 Å². The van der Waals surface area contributed by atoms with Gasteiger partial charge < -0.3 is 0 Å². The van der Waals surface area contributed by atoms with Gasteiger partial charge in [-0.05, 0) is 25.0 Å². The minimum absolute atomic E-state index is 0.847. The van der Waals surface area contributed by atoms with Crippen LogP contribution in [0.1, 0.15) is 24.6 Å². The fourth-order valence-electron chi connectivity index (χ4n) is 1.12. The van der Waals surface area contributed by atoms with Gasteiger partial charge in [-0.15, -0.1) is 0 Å². The Hall–Kier alpha value is -0.560. The van der Waals surface area contributed by atoms with E-state index in [0.29, 0.717) is 0 Å². The van der Waals surface area contributed by atoms with Crippen molar-refractivity contribution in [2.24, 2.45) is 0 Å². The average molecular weight is 170 g/mol. The van der Waals surface area contributed by atoms with Crippen LogP contribution >= 0.6 is 11.6 Å². The second kappa shape index (κ2) is 3.72. The van der Waals surface area contributed by atoms with Gasteiger partial charge in [-0.1, -0.05) is 24.9 Å². The molecule has 1 nitrogen and oxygen atoms in total. The van der Waals surface area contributed by atoms with Crippen molar-refractivity contribution in [1.82, 2.24) is 4.98 Å². The molecule has 11 heavy (non-hydrogen) atoms. The van der Waals surface area contributed by atoms with E-state index in [4.69, 9.17) is 11.6 Å².